The largest absolute Gasteiger partial charge is 0.371 e. The third-order valence-corrected chi connectivity index (χ3v) is 3.37. The Bertz CT molecular complexity index is 432. The number of rotatable bonds is 7. The van der Waals surface area contributed by atoms with E-state index < -0.39 is 5.60 Å². The van der Waals surface area contributed by atoms with Gasteiger partial charge in [-0.3, -0.25) is 4.79 Å². The molecule has 0 fully saturated rings. The van der Waals surface area contributed by atoms with Crippen LogP contribution in [0.3, 0.4) is 0 Å². The minimum absolute atomic E-state index is 0.0183. The molecule has 1 aromatic rings. The maximum absolute atomic E-state index is 13.7. The van der Waals surface area contributed by atoms with E-state index >= 15 is 0 Å². The number of ketones is 1. The van der Waals surface area contributed by atoms with Crippen LogP contribution in [0.1, 0.15) is 27.2 Å². The number of carbonyl (C=O) groups is 1. The van der Waals surface area contributed by atoms with Crippen LogP contribution in [0.4, 0.5) is 10.1 Å². The Labute approximate surface area is 114 Å². The molecule has 0 saturated carbocycles. The molecule has 0 aliphatic carbocycles. The monoisotopic (exact) mass is 267 g/mol. The molecule has 0 aliphatic heterocycles. The molecule has 3 nitrogen and oxygen atoms in total. The fourth-order valence-electron chi connectivity index (χ4n) is 1.81. The minimum atomic E-state index is -0.783. The molecule has 0 unspecified atom stereocenters. The normalized spacial score (nSPS) is 11.4. The Hall–Kier alpha value is -1.42. The van der Waals surface area contributed by atoms with Gasteiger partial charge in [-0.25, -0.2) is 4.39 Å². The molecule has 0 spiro atoms. The average molecular weight is 267 g/mol. The number of anilines is 1. The highest BCUT2D eigenvalue weighted by Gasteiger charge is 2.26. The van der Waals surface area contributed by atoms with E-state index in [-0.39, 0.29) is 11.6 Å². The molecular weight excluding hydrogens is 245 g/mol. The molecule has 0 saturated heterocycles. The van der Waals surface area contributed by atoms with Gasteiger partial charge in [0.2, 0.25) is 0 Å². The first-order chi connectivity index (χ1) is 8.92. The predicted molar refractivity (Wildman–Crippen MR) is 75.0 cm³/mol. The lowest BCUT2D eigenvalue weighted by molar-refractivity contribution is -0.136. The molecular formula is C15H22FNO2. The lowest BCUT2D eigenvalue weighted by Crippen LogP contribution is -2.37. The topological polar surface area (TPSA) is 29.5 Å². The van der Waals surface area contributed by atoms with Crippen LogP contribution in [0.2, 0.25) is 0 Å². The summed E-state index contributed by atoms with van der Waals surface area (Å²) < 4.78 is 18.9. The van der Waals surface area contributed by atoms with E-state index in [1.807, 2.05) is 11.8 Å². The molecule has 0 heterocycles. The molecule has 19 heavy (non-hydrogen) atoms. The molecule has 0 aliphatic rings. The number of para-hydroxylation sites is 1. The Morgan fingerprint density at radius 3 is 2.53 bits per heavy atom. The summed E-state index contributed by atoms with van der Waals surface area (Å²) in [6.07, 6.45) is 0.336. The summed E-state index contributed by atoms with van der Waals surface area (Å²) in [5.74, 6) is -0.243. The summed E-state index contributed by atoms with van der Waals surface area (Å²) in [5, 5.41) is 0. The van der Waals surface area contributed by atoms with Crippen LogP contribution >= 0.6 is 0 Å². The molecule has 4 heteroatoms. The number of nitrogens with zero attached hydrogens (tertiary/aromatic N) is 1. The number of halogens is 1. The van der Waals surface area contributed by atoms with E-state index in [2.05, 4.69) is 0 Å². The molecule has 106 valence electrons. The van der Waals surface area contributed by atoms with E-state index in [0.29, 0.717) is 25.2 Å². The van der Waals surface area contributed by atoms with Gasteiger partial charge in [0, 0.05) is 26.6 Å². The summed E-state index contributed by atoms with van der Waals surface area (Å²) in [4.78, 5) is 13.8. The van der Waals surface area contributed by atoms with Crippen molar-refractivity contribution in [1.82, 2.24) is 0 Å². The molecule has 1 rings (SSSR count). The molecule has 0 N–H and O–H groups in total. The van der Waals surface area contributed by atoms with Crippen molar-refractivity contribution >= 4 is 11.5 Å². The zero-order valence-corrected chi connectivity index (χ0v) is 12.1. The van der Waals surface area contributed by atoms with Crippen molar-refractivity contribution in [3.8, 4) is 0 Å². The third-order valence-electron chi connectivity index (χ3n) is 3.37. The zero-order valence-electron chi connectivity index (χ0n) is 12.1. The molecule has 0 atom stereocenters. The first kappa shape index (κ1) is 15.6. The van der Waals surface area contributed by atoms with Gasteiger partial charge in [-0.05, 0) is 32.9 Å². The highest BCUT2D eigenvalue weighted by atomic mass is 19.1. The third kappa shape index (κ3) is 4.03. The van der Waals surface area contributed by atoms with Crippen LogP contribution in [0.15, 0.2) is 24.3 Å². The standard InChI is InChI=1S/C15H22FNO2/c1-5-17(13-9-7-6-8-12(13)16)11-10-14(18)15(2,3)19-4/h6-9H,5,10-11H2,1-4H3. The highest BCUT2D eigenvalue weighted by Crippen LogP contribution is 2.19. The van der Waals surface area contributed by atoms with Gasteiger partial charge < -0.3 is 9.64 Å². The number of ether oxygens (including phenoxy) is 1. The number of Topliss-reactive ketones (excluding diaryl/α,β-unsaturated/α-hetero) is 1. The quantitative estimate of drug-likeness (QED) is 0.760. The molecule has 1 aromatic carbocycles. The second-order valence-corrected chi connectivity index (χ2v) is 4.92. The fraction of sp³-hybridized carbons (Fsp3) is 0.533. The number of carbonyl (C=O) groups excluding carboxylic acids is 1. The van der Waals surface area contributed by atoms with Gasteiger partial charge in [0.15, 0.2) is 5.78 Å². The van der Waals surface area contributed by atoms with Gasteiger partial charge in [0.1, 0.15) is 11.4 Å². The number of methoxy groups -OCH3 is 1. The van der Waals surface area contributed by atoms with E-state index in [9.17, 15) is 9.18 Å². The maximum atomic E-state index is 13.7. The van der Waals surface area contributed by atoms with E-state index in [1.165, 1.54) is 13.2 Å². The smallest absolute Gasteiger partial charge is 0.165 e. The van der Waals surface area contributed by atoms with Crippen molar-refractivity contribution < 1.29 is 13.9 Å². The maximum Gasteiger partial charge on any atom is 0.165 e. The zero-order chi connectivity index (χ0) is 14.5. The van der Waals surface area contributed by atoms with Gasteiger partial charge in [0.25, 0.3) is 0 Å². The fourth-order valence-corrected chi connectivity index (χ4v) is 1.81. The van der Waals surface area contributed by atoms with Crippen LogP contribution in [0, 0.1) is 5.82 Å². The molecule has 0 aromatic heterocycles. The SMILES string of the molecule is CCN(CCC(=O)C(C)(C)OC)c1ccccc1F. The summed E-state index contributed by atoms with van der Waals surface area (Å²) in [7, 11) is 1.52. The van der Waals surface area contributed by atoms with Gasteiger partial charge in [-0.1, -0.05) is 12.1 Å². The van der Waals surface area contributed by atoms with E-state index in [1.54, 1.807) is 32.0 Å². The first-order valence-electron chi connectivity index (χ1n) is 6.50. The summed E-state index contributed by atoms with van der Waals surface area (Å²) in [5.41, 5.74) is -0.248. The highest BCUT2D eigenvalue weighted by molar-refractivity contribution is 5.86. The van der Waals surface area contributed by atoms with Crippen LogP contribution < -0.4 is 4.90 Å². The second kappa shape index (κ2) is 6.66. The Balaban J connectivity index is 2.70. The first-order valence-corrected chi connectivity index (χ1v) is 6.50. The molecule has 0 amide bonds. The Morgan fingerprint density at radius 1 is 1.37 bits per heavy atom. The summed E-state index contributed by atoms with van der Waals surface area (Å²) in [6.45, 7) is 6.58. The predicted octanol–water partition coefficient (Wildman–Crippen LogP) is 3.04. The van der Waals surface area contributed by atoms with Gasteiger partial charge in [-0.15, -0.1) is 0 Å². The van der Waals surface area contributed by atoms with Crippen molar-refractivity contribution in [2.75, 3.05) is 25.1 Å². The number of hydrogen-bond acceptors (Lipinski definition) is 3. The Morgan fingerprint density at radius 2 is 2.00 bits per heavy atom. The second-order valence-electron chi connectivity index (χ2n) is 4.92. The van der Waals surface area contributed by atoms with Crippen LogP contribution in [-0.4, -0.2) is 31.6 Å². The minimum Gasteiger partial charge on any atom is -0.371 e. The number of hydrogen-bond donors (Lipinski definition) is 0. The van der Waals surface area contributed by atoms with Crippen LogP contribution in [0.5, 0.6) is 0 Å². The van der Waals surface area contributed by atoms with Crippen LogP contribution in [-0.2, 0) is 9.53 Å². The number of benzene rings is 1. The lowest BCUT2D eigenvalue weighted by Gasteiger charge is -2.26. The average Bonchev–Trinajstić information content (AvgIpc) is 2.40. The van der Waals surface area contributed by atoms with Crippen molar-refractivity contribution in [3.05, 3.63) is 30.1 Å². The van der Waals surface area contributed by atoms with Crippen molar-refractivity contribution in [3.63, 3.8) is 0 Å². The van der Waals surface area contributed by atoms with Crippen LogP contribution in [0.25, 0.3) is 0 Å². The lowest BCUT2D eigenvalue weighted by atomic mass is 10.0. The van der Waals surface area contributed by atoms with Gasteiger partial charge in [-0.2, -0.15) is 0 Å². The van der Waals surface area contributed by atoms with Gasteiger partial charge in [0.05, 0.1) is 5.69 Å². The van der Waals surface area contributed by atoms with Crippen molar-refractivity contribution in [1.29, 1.82) is 0 Å². The van der Waals surface area contributed by atoms with Gasteiger partial charge >= 0.3 is 0 Å². The molecule has 0 bridgehead atoms. The van der Waals surface area contributed by atoms with Crippen molar-refractivity contribution in [2.24, 2.45) is 0 Å². The van der Waals surface area contributed by atoms with Crippen molar-refractivity contribution in [2.45, 2.75) is 32.8 Å². The van der Waals surface area contributed by atoms with E-state index in [0.717, 1.165) is 0 Å². The summed E-state index contributed by atoms with van der Waals surface area (Å²) in [6, 6.07) is 6.61. The Kier molecular flexibility index (Phi) is 5.48. The van der Waals surface area contributed by atoms with E-state index in [4.69, 9.17) is 4.74 Å². The summed E-state index contributed by atoms with van der Waals surface area (Å²) >= 11 is 0. The molecule has 0 radical (unpaired) electrons.